The van der Waals surface area contributed by atoms with Crippen LogP contribution in [0.3, 0.4) is 0 Å². The van der Waals surface area contributed by atoms with Crippen LogP contribution in [0.25, 0.3) is 11.3 Å². The van der Waals surface area contributed by atoms with Crippen LogP contribution in [0.2, 0.25) is 0 Å². The third-order valence-electron chi connectivity index (χ3n) is 4.10. The molecule has 1 aliphatic heterocycles. The van der Waals surface area contributed by atoms with Crippen molar-refractivity contribution >= 4 is 15.9 Å². The van der Waals surface area contributed by atoms with E-state index in [0.29, 0.717) is 23.6 Å². The molecule has 0 unspecified atom stereocenters. The second kappa shape index (κ2) is 6.37. The minimum absolute atomic E-state index is 0.108. The third-order valence-corrected chi connectivity index (χ3v) is 5.46. The summed E-state index contributed by atoms with van der Waals surface area (Å²) < 4.78 is 31.0. The SMILES string of the molecule is Cc1ccccc1-c1noc(C)c1C(=O)N1CCNS(=O)(=O)CC1. The molecule has 0 aliphatic carbocycles. The Morgan fingerprint density at radius 2 is 2.00 bits per heavy atom. The maximum Gasteiger partial charge on any atom is 0.259 e. The summed E-state index contributed by atoms with van der Waals surface area (Å²) in [5, 5.41) is 4.06. The van der Waals surface area contributed by atoms with E-state index < -0.39 is 10.0 Å². The van der Waals surface area contributed by atoms with Crippen molar-refractivity contribution in [2.75, 3.05) is 25.4 Å². The predicted molar refractivity (Wildman–Crippen MR) is 89.1 cm³/mol. The van der Waals surface area contributed by atoms with Crippen molar-refractivity contribution in [3.05, 3.63) is 41.2 Å². The van der Waals surface area contributed by atoms with Gasteiger partial charge in [0.2, 0.25) is 10.0 Å². The van der Waals surface area contributed by atoms with Gasteiger partial charge in [-0.05, 0) is 19.4 Å². The Bertz CT molecular complexity index is 873. The van der Waals surface area contributed by atoms with Crippen LogP contribution < -0.4 is 4.72 Å². The van der Waals surface area contributed by atoms with Gasteiger partial charge in [0.1, 0.15) is 17.0 Å². The fourth-order valence-corrected chi connectivity index (χ4v) is 3.77. The largest absolute Gasteiger partial charge is 0.360 e. The highest BCUT2D eigenvalue weighted by atomic mass is 32.2. The molecule has 0 saturated carbocycles. The molecule has 1 N–H and O–H groups in total. The highest BCUT2D eigenvalue weighted by Crippen LogP contribution is 2.29. The maximum atomic E-state index is 13.0. The molecule has 24 heavy (non-hydrogen) atoms. The first-order chi connectivity index (χ1) is 11.4. The molecule has 3 rings (SSSR count). The Kier molecular flexibility index (Phi) is 4.42. The molecule has 2 heterocycles. The summed E-state index contributed by atoms with van der Waals surface area (Å²) in [5.41, 5.74) is 2.71. The molecule has 0 bridgehead atoms. The molecule has 1 saturated heterocycles. The van der Waals surface area contributed by atoms with Crippen LogP contribution in [0.4, 0.5) is 0 Å². The molecule has 0 spiro atoms. The third kappa shape index (κ3) is 3.20. The molecule has 1 aromatic carbocycles. The minimum Gasteiger partial charge on any atom is -0.360 e. The smallest absolute Gasteiger partial charge is 0.259 e. The first-order valence-corrected chi connectivity index (χ1v) is 9.33. The Hall–Kier alpha value is -2.19. The number of nitrogens with one attached hydrogen (secondary N) is 1. The van der Waals surface area contributed by atoms with Crippen molar-refractivity contribution in [1.29, 1.82) is 0 Å². The van der Waals surface area contributed by atoms with Gasteiger partial charge >= 0.3 is 0 Å². The quantitative estimate of drug-likeness (QED) is 0.883. The maximum absolute atomic E-state index is 13.0. The number of carbonyl (C=O) groups is 1. The zero-order valence-electron chi connectivity index (χ0n) is 13.6. The first-order valence-electron chi connectivity index (χ1n) is 7.68. The summed E-state index contributed by atoms with van der Waals surface area (Å²) in [6, 6.07) is 7.62. The number of benzene rings is 1. The number of aryl methyl sites for hydroxylation is 2. The molecule has 1 aliphatic rings. The standard InChI is InChI=1S/C16H19N3O4S/c1-11-5-3-4-6-13(11)15-14(12(2)23-18-15)16(20)19-8-7-17-24(21,22)10-9-19/h3-6,17H,7-10H2,1-2H3. The van der Waals surface area contributed by atoms with E-state index in [0.717, 1.165) is 11.1 Å². The molecule has 0 radical (unpaired) electrons. The summed E-state index contributed by atoms with van der Waals surface area (Å²) in [6.07, 6.45) is 0. The molecule has 7 nitrogen and oxygen atoms in total. The molecule has 1 amide bonds. The topological polar surface area (TPSA) is 92.5 Å². The summed E-state index contributed by atoms with van der Waals surface area (Å²) in [4.78, 5) is 14.5. The van der Waals surface area contributed by atoms with Gasteiger partial charge in [0, 0.05) is 25.2 Å². The molecule has 128 valence electrons. The van der Waals surface area contributed by atoms with E-state index in [1.165, 1.54) is 4.90 Å². The second-order valence-corrected chi connectivity index (χ2v) is 7.71. The van der Waals surface area contributed by atoms with E-state index in [1.54, 1.807) is 6.92 Å². The Morgan fingerprint density at radius 1 is 1.25 bits per heavy atom. The van der Waals surface area contributed by atoms with Crippen molar-refractivity contribution in [2.24, 2.45) is 0 Å². The zero-order valence-corrected chi connectivity index (χ0v) is 14.4. The number of amides is 1. The minimum atomic E-state index is -3.32. The fourth-order valence-electron chi connectivity index (χ4n) is 2.76. The van der Waals surface area contributed by atoms with Gasteiger partial charge in [0.25, 0.3) is 5.91 Å². The summed E-state index contributed by atoms with van der Waals surface area (Å²) >= 11 is 0. The van der Waals surface area contributed by atoms with Gasteiger partial charge in [-0.1, -0.05) is 29.4 Å². The summed E-state index contributed by atoms with van der Waals surface area (Å²) in [5.74, 6) is 0.0622. The number of aromatic nitrogens is 1. The lowest BCUT2D eigenvalue weighted by Crippen LogP contribution is -2.35. The lowest BCUT2D eigenvalue weighted by atomic mass is 10.0. The molecule has 2 aromatic rings. The van der Waals surface area contributed by atoms with E-state index in [2.05, 4.69) is 9.88 Å². The Labute approximate surface area is 140 Å². The van der Waals surface area contributed by atoms with Gasteiger partial charge in [-0.3, -0.25) is 4.79 Å². The normalized spacial score (nSPS) is 17.5. The average Bonchev–Trinajstić information content (AvgIpc) is 2.81. The van der Waals surface area contributed by atoms with E-state index in [4.69, 9.17) is 4.52 Å². The van der Waals surface area contributed by atoms with Crippen LogP contribution in [-0.4, -0.2) is 49.8 Å². The van der Waals surface area contributed by atoms with Crippen molar-refractivity contribution < 1.29 is 17.7 Å². The number of nitrogens with zero attached hydrogens (tertiary/aromatic N) is 2. The Morgan fingerprint density at radius 3 is 2.75 bits per heavy atom. The first kappa shape index (κ1) is 16.7. The number of sulfonamides is 1. The van der Waals surface area contributed by atoms with E-state index in [-0.39, 0.29) is 24.7 Å². The lowest BCUT2D eigenvalue weighted by molar-refractivity contribution is 0.0770. The molecule has 0 atom stereocenters. The van der Waals surface area contributed by atoms with Gasteiger partial charge in [-0.15, -0.1) is 0 Å². The summed E-state index contributed by atoms with van der Waals surface area (Å²) in [7, 11) is -3.32. The van der Waals surface area contributed by atoms with Crippen LogP contribution >= 0.6 is 0 Å². The zero-order chi connectivity index (χ0) is 17.3. The predicted octanol–water partition coefficient (Wildman–Crippen LogP) is 1.33. The van der Waals surface area contributed by atoms with Crippen molar-refractivity contribution in [3.8, 4) is 11.3 Å². The summed E-state index contributed by atoms with van der Waals surface area (Å²) in [6.45, 7) is 4.30. The van der Waals surface area contributed by atoms with Crippen molar-refractivity contribution in [2.45, 2.75) is 13.8 Å². The molecular formula is C16H19N3O4S. The number of carbonyl (C=O) groups excluding carboxylic acids is 1. The van der Waals surface area contributed by atoms with Gasteiger partial charge < -0.3 is 9.42 Å². The fraction of sp³-hybridized carbons (Fsp3) is 0.375. The van der Waals surface area contributed by atoms with Crippen molar-refractivity contribution in [1.82, 2.24) is 14.8 Å². The highest BCUT2D eigenvalue weighted by Gasteiger charge is 2.29. The van der Waals surface area contributed by atoms with E-state index in [9.17, 15) is 13.2 Å². The van der Waals surface area contributed by atoms with E-state index in [1.807, 2.05) is 31.2 Å². The lowest BCUT2D eigenvalue weighted by Gasteiger charge is -2.19. The number of hydrogen-bond donors (Lipinski definition) is 1. The van der Waals surface area contributed by atoms with E-state index >= 15 is 0 Å². The molecule has 1 aromatic heterocycles. The van der Waals surface area contributed by atoms with Crippen molar-refractivity contribution in [3.63, 3.8) is 0 Å². The van der Waals surface area contributed by atoms with Gasteiger partial charge in [0.05, 0.1) is 5.75 Å². The molecule has 1 fully saturated rings. The van der Waals surface area contributed by atoms with Crippen LogP contribution in [0.5, 0.6) is 0 Å². The number of hydrogen-bond acceptors (Lipinski definition) is 5. The monoisotopic (exact) mass is 349 g/mol. The van der Waals surface area contributed by atoms with Gasteiger partial charge in [-0.25, -0.2) is 13.1 Å². The van der Waals surface area contributed by atoms with Crippen LogP contribution in [0, 0.1) is 13.8 Å². The van der Waals surface area contributed by atoms with Crippen LogP contribution in [0.15, 0.2) is 28.8 Å². The van der Waals surface area contributed by atoms with Crippen LogP contribution in [0.1, 0.15) is 21.7 Å². The molecular weight excluding hydrogens is 330 g/mol. The van der Waals surface area contributed by atoms with Crippen LogP contribution in [-0.2, 0) is 10.0 Å². The number of rotatable bonds is 2. The van der Waals surface area contributed by atoms with Gasteiger partial charge in [0.15, 0.2) is 0 Å². The highest BCUT2D eigenvalue weighted by molar-refractivity contribution is 7.89. The Balaban J connectivity index is 1.97. The van der Waals surface area contributed by atoms with Gasteiger partial charge in [-0.2, -0.15) is 0 Å². The second-order valence-electron chi connectivity index (χ2n) is 5.78. The molecule has 8 heteroatoms. The average molecular weight is 349 g/mol.